The summed E-state index contributed by atoms with van der Waals surface area (Å²) in [6.07, 6.45) is 2.09. The number of rotatable bonds is 5. The van der Waals surface area contributed by atoms with Crippen molar-refractivity contribution in [1.29, 1.82) is 0 Å². The Kier molecular flexibility index (Phi) is 5.69. The van der Waals surface area contributed by atoms with Gasteiger partial charge in [-0.15, -0.1) is 11.3 Å². The van der Waals surface area contributed by atoms with Gasteiger partial charge in [-0.1, -0.05) is 24.3 Å². The highest BCUT2D eigenvalue weighted by atomic mass is 32.1. The van der Waals surface area contributed by atoms with Gasteiger partial charge in [-0.3, -0.25) is 9.69 Å². The third-order valence-corrected chi connectivity index (χ3v) is 6.40. The Balaban J connectivity index is 1.36. The second kappa shape index (κ2) is 8.37. The zero-order valence-electron chi connectivity index (χ0n) is 16.0. The first-order chi connectivity index (χ1) is 13.6. The third kappa shape index (κ3) is 4.39. The molecule has 4 rings (SSSR count). The quantitative estimate of drug-likeness (QED) is 0.645. The number of likely N-dealkylation sites (tertiary alicyclic amines) is 1. The second-order valence-electron chi connectivity index (χ2n) is 7.50. The lowest BCUT2D eigenvalue weighted by atomic mass is 9.98. The summed E-state index contributed by atoms with van der Waals surface area (Å²) in [6, 6.07) is 14.6. The molecule has 0 spiro atoms. The van der Waals surface area contributed by atoms with Gasteiger partial charge >= 0.3 is 0 Å². The first-order valence-electron chi connectivity index (χ1n) is 9.65. The zero-order chi connectivity index (χ0) is 19.5. The normalized spacial score (nSPS) is 17.4. The zero-order valence-corrected chi connectivity index (χ0v) is 16.8. The molecule has 146 valence electrons. The van der Waals surface area contributed by atoms with Crippen molar-refractivity contribution < 1.29 is 9.18 Å². The van der Waals surface area contributed by atoms with E-state index in [1.165, 1.54) is 16.8 Å². The van der Waals surface area contributed by atoms with Crippen LogP contribution in [0.25, 0.3) is 10.2 Å². The van der Waals surface area contributed by atoms with E-state index in [4.69, 9.17) is 4.98 Å². The minimum Gasteiger partial charge on any atom is -0.341 e. The highest BCUT2D eigenvalue weighted by Gasteiger charge is 2.27. The van der Waals surface area contributed by atoms with Crippen LogP contribution in [-0.2, 0) is 11.3 Å². The molecule has 0 saturated carbocycles. The lowest BCUT2D eigenvalue weighted by Gasteiger charge is -2.33. The number of amides is 1. The summed E-state index contributed by atoms with van der Waals surface area (Å²) < 4.78 is 14.3. The molecule has 3 aromatic rings. The fraction of sp³-hybridized carbons (Fsp3) is 0.364. The largest absolute Gasteiger partial charge is 0.341 e. The Labute approximate surface area is 168 Å². The Morgan fingerprint density at radius 2 is 2.04 bits per heavy atom. The monoisotopic (exact) mass is 397 g/mol. The average Bonchev–Trinajstić information content (AvgIpc) is 3.14. The van der Waals surface area contributed by atoms with Crippen molar-refractivity contribution in [3.05, 3.63) is 64.9 Å². The number of carbonyl (C=O) groups is 1. The van der Waals surface area contributed by atoms with Gasteiger partial charge in [-0.05, 0) is 49.7 Å². The predicted molar refractivity (Wildman–Crippen MR) is 111 cm³/mol. The van der Waals surface area contributed by atoms with Crippen LogP contribution < -0.4 is 0 Å². The molecule has 1 saturated heterocycles. The average molecular weight is 398 g/mol. The molecule has 0 bridgehead atoms. The topological polar surface area (TPSA) is 36.4 Å². The van der Waals surface area contributed by atoms with Crippen LogP contribution in [0.1, 0.15) is 29.3 Å². The number of fused-ring (bicyclic) bond motifs is 1. The SMILES string of the molecule is CN(CC(=O)N1CCC[C@@H](c2nc3ccccc3s2)C1)Cc1ccc(F)cc1. The second-order valence-corrected chi connectivity index (χ2v) is 8.56. The highest BCUT2D eigenvalue weighted by Crippen LogP contribution is 2.33. The van der Waals surface area contributed by atoms with E-state index in [0.29, 0.717) is 19.0 Å². The Bertz CT molecular complexity index is 923. The number of hydrogen-bond donors (Lipinski definition) is 0. The van der Waals surface area contributed by atoms with E-state index in [2.05, 4.69) is 6.07 Å². The maximum atomic E-state index is 13.0. The fourth-order valence-electron chi connectivity index (χ4n) is 3.76. The summed E-state index contributed by atoms with van der Waals surface area (Å²) in [6.45, 7) is 2.54. The van der Waals surface area contributed by atoms with E-state index < -0.39 is 0 Å². The van der Waals surface area contributed by atoms with Crippen LogP contribution in [0.4, 0.5) is 4.39 Å². The summed E-state index contributed by atoms with van der Waals surface area (Å²) in [7, 11) is 1.93. The minimum atomic E-state index is -0.239. The van der Waals surface area contributed by atoms with Crippen LogP contribution in [0.15, 0.2) is 48.5 Å². The van der Waals surface area contributed by atoms with Crippen molar-refractivity contribution in [3.63, 3.8) is 0 Å². The van der Waals surface area contributed by atoms with Gasteiger partial charge in [0.25, 0.3) is 0 Å². The Hall–Kier alpha value is -2.31. The molecule has 0 unspecified atom stereocenters. The summed E-state index contributed by atoms with van der Waals surface area (Å²) in [4.78, 5) is 21.6. The molecule has 1 aromatic heterocycles. The number of likely N-dealkylation sites (N-methyl/N-ethyl adjacent to an activating group) is 1. The molecule has 1 aliphatic heterocycles. The van der Waals surface area contributed by atoms with Gasteiger partial charge in [0.2, 0.25) is 5.91 Å². The van der Waals surface area contributed by atoms with E-state index in [0.717, 1.165) is 42.0 Å². The molecule has 1 amide bonds. The first kappa shape index (κ1) is 19.0. The van der Waals surface area contributed by atoms with Crippen LogP contribution in [0.5, 0.6) is 0 Å². The van der Waals surface area contributed by atoms with Crippen molar-refractivity contribution >= 4 is 27.5 Å². The number of carbonyl (C=O) groups excluding carboxylic acids is 1. The standard InChI is InChI=1S/C22H24FN3OS/c1-25(13-16-8-10-18(23)11-9-16)15-21(27)26-12-4-5-17(14-26)22-24-19-6-2-3-7-20(19)28-22/h2-3,6-11,17H,4-5,12-15H2,1H3/t17-/m1/s1. The van der Waals surface area contributed by atoms with Gasteiger partial charge in [0.05, 0.1) is 21.8 Å². The van der Waals surface area contributed by atoms with Crippen molar-refractivity contribution in [1.82, 2.24) is 14.8 Å². The summed E-state index contributed by atoms with van der Waals surface area (Å²) in [5.74, 6) is 0.226. The van der Waals surface area contributed by atoms with Crippen molar-refractivity contribution in [2.75, 3.05) is 26.7 Å². The number of benzene rings is 2. The van der Waals surface area contributed by atoms with Gasteiger partial charge in [0.1, 0.15) is 5.82 Å². The van der Waals surface area contributed by atoms with Crippen molar-refractivity contribution in [2.24, 2.45) is 0 Å². The van der Waals surface area contributed by atoms with Gasteiger partial charge in [-0.25, -0.2) is 9.37 Å². The number of aromatic nitrogens is 1. The minimum absolute atomic E-state index is 0.149. The first-order valence-corrected chi connectivity index (χ1v) is 10.5. The summed E-state index contributed by atoms with van der Waals surface area (Å²) in [5, 5.41) is 1.14. The molecule has 6 heteroatoms. The highest BCUT2D eigenvalue weighted by molar-refractivity contribution is 7.18. The number of nitrogens with zero attached hydrogens (tertiary/aromatic N) is 3. The smallest absolute Gasteiger partial charge is 0.236 e. The molecule has 0 aliphatic carbocycles. The molecule has 28 heavy (non-hydrogen) atoms. The van der Waals surface area contributed by atoms with Crippen molar-refractivity contribution in [2.45, 2.75) is 25.3 Å². The number of halogens is 1. The molecule has 1 aliphatic rings. The summed E-state index contributed by atoms with van der Waals surface area (Å²) >= 11 is 1.74. The van der Waals surface area contributed by atoms with Crippen LogP contribution in [0.2, 0.25) is 0 Å². The van der Waals surface area contributed by atoms with Gasteiger partial charge in [0.15, 0.2) is 0 Å². The van der Waals surface area contributed by atoms with Gasteiger partial charge in [-0.2, -0.15) is 0 Å². The molecule has 1 fully saturated rings. The van der Waals surface area contributed by atoms with E-state index in [1.54, 1.807) is 23.5 Å². The molecule has 2 heterocycles. The molecular formula is C22H24FN3OS. The van der Waals surface area contributed by atoms with Gasteiger partial charge < -0.3 is 4.90 Å². The number of thiazole rings is 1. The van der Waals surface area contributed by atoms with Gasteiger partial charge in [0, 0.05) is 25.6 Å². The molecule has 2 aromatic carbocycles. The Morgan fingerprint density at radius 1 is 1.25 bits per heavy atom. The van der Waals surface area contributed by atoms with E-state index >= 15 is 0 Å². The van der Waals surface area contributed by atoms with E-state index in [1.807, 2.05) is 35.0 Å². The van der Waals surface area contributed by atoms with E-state index in [9.17, 15) is 9.18 Å². The third-order valence-electron chi connectivity index (χ3n) is 5.20. The lowest BCUT2D eigenvalue weighted by molar-refractivity contribution is -0.133. The van der Waals surface area contributed by atoms with Crippen LogP contribution in [-0.4, -0.2) is 47.4 Å². The number of piperidine rings is 1. The van der Waals surface area contributed by atoms with Crippen LogP contribution in [0.3, 0.4) is 0 Å². The molecule has 1 atom stereocenters. The molecule has 4 nitrogen and oxygen atoms in total. The fourth-order valence-corrected chi connectivity index (χ4v) is 4.85. The maximum absolute atomic E-state index is 13.0. The predicted octanol–water partition coefficient (Wildman–Crippen LogP) is 4.27. The van der Waals surface area contributed by atoms with E-state index in [-0.39, 0.29) is 11.7 Å². The number of para-hydroxylation sites is 1. The number of hydrogen-bond acceptors (Lipinski definition) is 4. The van der Waals surface area contributed by atoms with Crippen LogP contribution >= 0.6 is 11.3 Å². The van der Waals surface area contributed by atoms with Crippen molar-refractivity contribution in [3.8, 4) is 0 Å². The summed E-state index contributed by atoms with van der Waals surface area (Å²) in [5.41, 5.74) is 2.05. The molecule has 0 radical (unpaired) electrons. The lowest BCUT2D eigenvalue weighted by Crippen LogP contribution is -2.43. The van der Waals surface area contributed by atoms with Crippen LogP contribution in [0, 0.1) is 5.82 Å². The Morgan fingerprint density at radius 3 is 2.82 bits per heavy atom. The molecule has 0 N–H and O–H groups in total. The molecular weight excluding hydrogens is 373 g/mol. The maximum Gasteiger partial charge on any atom is 0.236 e.